The molecule has 1 unspecified atom stereocenters. The van der Waals surface area contributed by atoms with Crippen LogP contribution in [0.5, 0.6) is 0 Å². The summed E-state index contributed by atoms with van der Waals surface area (Å²) >= 11 is 0. The minimum atomic E-state index is -4.45. The maximum atomic E-state index is 13.7. The Kier molecular flexibility index (Phi) is 7.26. The van der Waals surface area contributed by atoms with Crippen LogP contribution in [-0.4, -0.2) is 29.1 Å². The fraction of sp³-hybridized carbons (Fsp3) is 0.321. The van der Waals surface area contributed by atoms with Gasteiger partial charge < -0.3 is 5.11 Å². The number of carboxylic acids is 1. The number of carbonyl (C=O) groups is 1. The number of halogens is 4. The number of hydrogen-bond donors (Lipinski definition) is 1. The highest BCUT2D eigenvalue weighted by Gasteiger charge is 2.31. The zero-order valence-corrected chi connectivity index (χ0v) is 19.4. The van der Waals surface area contributed by atoms with E-state index in [1.54, 1.807) is 31.2 Å². The summed E-state index contributed by atoms with van der Waals surface area (Å²) < 4.78 is 53.3. The molecule has 2 atom stereocenters. The van der Waals surface area contributed by atoms with Gasteiger partial charge in [0.25, 0.3) is 0 Å². The molecule has 0 bridgehead atoms. The Labute approximate surface area is 202 Å². The third-order valence-corrected chi connectivity index (χ3v) is 6.71. The van der Waals surface area contributed by atoms with E-state index in [0.717, 1.165) is 55.6 Å². The number of rotatable bonds is 6. The van der Waals surface area contributed by atoms with Crippen molar-refractivity contribution >= 4 is 5.97 Å². The lowest BCUT2D eigenvalue weighted by Gasteiger charge is -2.36. The van der Waals surface area contributed by atoms with Crippen molar-refractivity contribution in [1.29, 1.82) is 0 Å². The van der Waals surface area contributed by atoms with Crippen LogP contribution in [0.25, 0.3) is 11.1 Å². The number of hydrogen-bond acceptors (Lipinski definition) is 2. The van der Waals surface area contributed by atoms with Crippen LogP contribution < -0.4 is 0 Å². The normalized spacial score (nSPS) is 16.6. The summed E-state index contributed by atoms with van der Waals surface area (Å²) in [6, 6.07) is 16.4. The molecule has 0 amide bonds. The van der Waals surface area contributed by atoms with Gasteiger partial charge in [-0.2, -0.15) is 13.2 Å². The number of aliphatic carboxylic acids is 1. The van der Waals surface area contributed by atoms with E-state index >= 15 is 0 Å². The Balaban J connectivity index is 1.89. The second-order valence-corrected chi connectivity index (χ2v) is 9.03. The Morgan fingerprint density at radius 1 is 0.886 bits per heavy atom. The van der Waals surface area contributed by atoms with Gasteiger partial charge in [0.15, 0.2) is 0 Å². The number of likely N-dealkylation sites (tertiary alicyclic amines) is 1. The predicted octanol–water partition coefficient (Wildman–Crippen LogP) is 7.27. The molecular formula is C28H27F4NO2. The summed E-state index contributed by atoms with van der Waals surface area (Å²) in [5, 5.41) is 9.54. The monoisotopic (exact) mass is 485 g/mol. The van der Waals surface area contributed by atoms with Gasteiger partial charge in [0.1, 0.15) is 5.82 Å². The lowest BCUT2D eigenvalue weighted by molar-refractivity contribution is -0.138. The van der Waals surface area contributed by atoms with Gasteiger partial charge in [0.05, 0.1) is 17.5 Å². The van der Waals surface area contributed by atoms with Crippen molar-refractivity contribution in [2.75, 3.05) is 13.1 Å². The van der Waals surface area contributed by atoms with E-state index in [0.29, 0.717) is 16.7 Å². The minimum Gasteiger partial charge on any atom is -0.481 e. The van der Waals surface area contributed by atoms with Gasteiger partial charge in [0, 0.05) is 0 Å². The van der Waals surface area contributed by atoms with E-state index in [1.165, 1.54) is 24.3 Å². The lowest BCUT2D eigenvalue weighted by Crippen LogP contribution is -2.34. The molecule has 7 heteroatoms. The van der Waals surface area contributed by atoms with Crippen LogP contribution in [0.3, 0.4) is 0 Å². The zero-order valence-electron chi connectivity index (χ0n) is 19.4. The van der Waals surface area contributed by atoms with Gasteiger partial charge >= 0.3 is 12.1 Å². The molecule has 0 radical (unpaired) electrons. The van der Waals surface area contributed by atoms with E-state index in [4.69, 9.17) is 0 Å². The minimum absolute atomic E-state index is 0.248. The molecule has 1 aliphatic heterocycles. The fourth-order valence-corrected chi connectivity index (χ4v) is 4.72. The SMILES string of the molecule is C[C@@H](C(=O)O)c1ccc(C(c2ccc(F)cc2)N2CCCCC2)c(-c2ccc(C(F)(F)F)cc2)c1. The van der Waals surface area contributed by atoms with Crippen LogP contribution in [0.15, 0.2) is 66.7 Å². The molecule has 3 aromatic rings. The van der Waals surface area contributed by atoms with Gasteiger partial charge in [0.2, 0.25) is 0 Å². The smallest absolute Gasteiger partial charge is 0.416 e. The fourth-order valence-electron chi connectivity index (χ4n) is 4.72. The zero-order chi connectivity index (χ0) is 25.2. The van der Waals surface area contributed by atoms with E-state index in [1.807, 2.05) is 6.07 Å². The third kappa shape index (κ3) is 5.56. The van der Waals surface area contributed by atoms with E-state index in [9.17, 15) is 27.5 Å². The van der Waals surface area contributed by atoms with E-state index < -0.39 is 23.6 Å². The molecule has 3 aromatic carbocycles. The van der Waals surface area contributed by atoms with Crippen molar-refractivity contribution in [1.82, 2.24) is 4.90 Å². The average Bonchev–Trinajstić information content (AvgIpc) is 2.85. The van der Waals surface area contributed by atoms with Crippen LogP contribution in [0.2, 0.25) is 0 Å². The predicted molar refractivity (Wildman–Crippen MR) is 127 cm³/mol. The highest BCUT2D eigenvalue weighted by molar-refractivity contribution is 5.78. The van der Waals surface area contributed by atoms with Gasteiger partial charge in [-0.05, 0) is 91.0 Å². The number of alkyl halides is 3. The van der Waals surface area contributed by atoms with Gasteiger partial charge in [-0.25, -0.2) is 4.39 Å². The lowest BCUT2D eigenvalue weighted by atomic mass is 9.86. The molecule has 35 heavy (non-hydrogen) atoms. The quantitative estimate of drug-likeness (QED) is 0.373. The standard InChI is InChI=1S/C28H27F4NO2/c1-18(27(34)35)21-9-14-24(25(17-21)19-5-10-22(11-6-19)28(30,31)32)26(33-15-3-2-4-16-33)20-7-12-23(29)13-8-20/h5-14,17-18,26H,2-4,15-16H2,1H3,(H,34,35)/t18-,26?/m1/s1. The van der Waals surface area contributed by atoms with Crippen molar-refractivity contribution in [3.05, 3.63) is 94.8 Å². The number of carboxylic acid groups (broad SMARTS) is 1. The molecule has 0 saturated carbocycles. The summed E-state index contributed by atoms with van der Waals surface area (Å²) in [7, 11) is 0. The summed E-state index contributed by atoms with van der Waals surface area (Å²) in [4.78, 5) is 14.0. The molecular weight excluding hydrogens is 458 g/mol. The first-order chi connectivity index (χ1) is 16.6. The van der Waals surface area contributed by atoms with Crippen molar-refractivity contribution in [3.63, 3.8) is 0 Å². The Morgan fingerprint density at radius 2 is 1.49 bits per heavy atom. The number of piperidine rings is 1. The molecule has 4 rings (SSSR count). The summed E-state index contributed by atoms with van der Waals surface area (Å²) in [5.41, 5.74) is 2.78. The van der Waals surface area contributed by atoms with E-state index in [2.05, 4.69) is 4.90 Å². The topological polar surface area (TPSA) is 40.5 Å². The Morgan fingerprint density at radius 3 is 2.06 bits per heavy atom. The van der Waals surface area contributed by atoms with Crippen LogP contribution in [-0.2, 0) is 11.0 Å². The van der Waals surface area contributed by atoms with Crippen molar-refractivity contribution in [2.45, 2.75) is 44.3 Å². The first-order valence-corrected chi connectivity index (χ1v) is 11.7. The maximum Gasteiger partial charge on any atom is 0.416 e. The molecule has 1 saturated heterocycles. The summed E-state index contributed by atoms with van der Waals surface area (Å²) in [6.07, 6.45) is -1.30. The Hall–Kier alpha value is -3.19. The molecule has 0 aliphatic carbocycles. The average molecular weight is 486 g/mol. The molecule has 0 spiro atoms. The largest absolute Gasteiger partial charge is 0.481 e. The van der Waals surface area contributed by atoms with Crippen LogP contribution >= 0.6 is 0 Å². The second kappa shape index (κ2) is 10.2. The van der Waals surface area contributed by atoms with Crippen molar-refractivity contribution < 1.29 is 27.5 Å². The molecule has 1 fully saturated rings. The second-order valence-electron chi connectivity index (χ2n) is 9.03. The van der Waals surface area contributed by atoms with Gasteiger partial charge in [-0.15, -0.1) is 0 Å². The molecule has 1 N–H and O–H groups in total. The van der Waals surface area contributed by atoms with E-state index in [-0.39, 0.29) is 11.9 Å². The summed E-state index contributed by atoms with van der Waals surface area (Å²) in [5.74, 6) is -2.11. The van der Waals surface area contributed by atoms with Crippen LogP contribution in [0, 0.1) is 5.82 Å². The molecule has 3 nitrogen and oxygen atoms in total. The molecule has 184 valence electrons. The maximum absolute atomic E-state index is 13.7. The van der Waals surface area contributed by atoms with Crippen molar-refractivity contribution in [3.8, 4) is 11.1 Å². The molecule has 0 aromatic heterocycles. The number of nitrogens with zero attached hydrogens (tertiary/aromatic N) is 1. The first kappa shape index (κ1) is 24.9. The van der Waals surface area contributed by atoms with Crippen molar-refractivity contribution in [2.24, 2.45) is 0 Å². The Bertz CT molecular complexity index is 1170. The molecule has 1 heterocycles. The highest BCUT2D eigenvalue weighted by atomic mass is 19.4. The summed E-state index contributed by atoms with van der Waals surface area (Å²) in [6.45, 7) is 3.25. The number of benzene rings is 3. The first-order valence-electron chi connectivity index (χ1n) is 11.7. The highest BCUT2D eigenvalue weighted by Crippen LogP contribution is 2.40. The van der Waals surface area contributed by atoms with Gasteiger partial charge in [-0.3, -0.25) is 9.69 Å². The van der Waals surface area contributed by atoms with Gasteiger partial charge in [-0.1, -0.05) is 42.8 Å². The molecule has 1 aliphatic rings. The third-order valence-electron chi connectivity index (χ3n) is 6.71. The van der Waals surface area contributed by atoms with Crippen LogP contribution in [0.4, 0.5) is 17.6 Å². The van der Waals surface area contributed by atoms with Crippen LogP contribution in [0.1, 0.15) is 60.4 Å².